The summed E-state index contributed by atoms with van der Waals surface area (Å²) in [4.78, 5) is 18.1. The molecule has 3 aromatic rings. The van der Waals surface area contributed by atoms with E-state index in [1.165, 1.54) is 0 Å². The molecule has 5 rings (SSSR count). The van der Waals surface area contributed by atoms with Crippen LogP contribution in [0, 0.1) is 0 Å². The minimum atomic E-state index is -0.370. The first-order chi connectivity index (χ1) is 13.7. The molecule has 1 amide bonds. The predicted octanol–water partition coefficient (Wildman–Crippen LogP) is 3.78. The van der Waals surface area contributed by atoms with Crippen LogP contribution in [0.2, 0.25) is 5.02 Å². The summed E-state index contributed by atoms with van der Waals surface area (Å²) in [7, 11) is 0. The quantitative estimate of drug-likeness (QED) is 0.638. The molecule has 2 aromatic heterocycles. The van der Waals surface area contributed by atoms with Crippen LogP contribution in [0.1, 0.15) is 31.2 Å². The van der Waals surface area contributed by atoms with Crippen LogP contribution >= 0.6 is 22.9 Å². The van der Waals surface area contributed by atoms with Gasteiger partial charge in [-0.15, -0.1) is 21.5 Å². The van der Waals surface area contributed by atoms with Gasteiger partial charge >= 0.3 is 0 Å². The Kier molecular flexibility index (Phi) is 4.44. The van der Waals surface area contributed by atoms with Crippen molar-refractivity contribution in [1.29, 1.82) is 0 Å². The molecule has 144 valence electrons. The number of thiophene rings is 1. The van der Waals surface area contributed by atoms with Gasteiger partial charge in [-0.05, 0) is 60.0 Å². The van der Waals surface area contributed by atoms with Crippen molar-refractivity contribution in [3.05, 3.63) is 52.4 Å². The molecule has 1 aliphatic heterocycles. The number of amides is 1. The number of rotatable bonds is 5. The molecule has 0 spiro atoms. The van der Waals surface area contributed by atoms with Gasteiger partial charge in [0.05, 0.1) is 22.9 Å². The smallest absolute Gasteiger partial charge is 0.233 e. The Labute approximate surface area is 172 Å². The van der Waals surface area contributed by atoms with Crippen LogP contribution in [0.4, 0.5) is 0 Å². The van der Waals surface area contributed by atoms with Crippen LogP contribution in [0.25, 0.3) is 10.7 Å². The molecule has 1 saturated carbocycles. The molecule has 28 heavy (non-hydrogen) atoms. The van der Waals surface area contributed by atoms with Crippen LogP contribution in [0.3, 0.4) is 0 Å². The van der Waals surface area contributed by atoms with Crippen molar-refractivity contribution in [1.82, 2.24) is 25.1 Å². The third-order valence-corrected chi connectivity index (χ3v) is 6.88. The fourth-order valence-corrected chi connectivity index (χ4v) is 4.88. The van der Waals surface area contributed by atoms with Crippen molar-refractivity contribution >= 4 is 28.8 Å². The van der Waals surface area contributed by atoms with Crippen LogP contribution in [0.15, 0.2) is 41.8 Å². The van der Waals surface area contributed by atoms with E-state index in [4.69, 9.17) is 11.6 Å². The average molecular weight is 414 g/mol. The summed E-state index contributed by atoms with van der Waals surface area (Å²) in [5, 5.41) is 15.6. The maximum Gasteiger partial charge on any atom is 0.233 e. The molecular weight excluding hydrogens is 394 g/mol. The summed E-state index contributed by atoms with van der Waals surface area (Å²) in [5.74, 6) is 0.876. The maximum atomic E-state index is 13.4. The number of tetrazole rings is 1. The largest absolute Gasteiger partial charge is 0.337 e. The molecule has 2 fully saturated rings. The summed E-state index contributed by atoms with van der Waals surface area (Å²) >= 11 is 7.62. The lowest BCUT2D eigenvalue weighted by Gasteiger charge is -2.29. The van der Waals surface area contributed by atoms with E-state index in [1.54, 1.807) is 16.1 Å². The number of hydrogen-bond acceptors (Lipinski definition) is 5. The van der Waals surface area contributed by atoms with Crippen molar-refractivity contribution < 1.29 is 4.79 Å². The molecule has 8 heteroatoms. The van der Waals surface area contributed by atoms with Gasteiger partial charge < -0.3 is 4.90 Å². The standard InChI is InChI=1S/C20H20ClN5OS/c21-15-7-5-14(6-8-15)20(9-10-20)19(27)25-11-1-3-16(25)13-26-23-18(22-24-26)17-4-2-12-28-17/h2,4-8,12,16H,1,3,9-11,13H2/t16-/m1/s1. The molecule has 0 N–H and O–H groups in total. The Hall–Kier alpha value is -2.25. The molecule has 1 aliphatic carbocycles. The third kappa shape index (κ3) is 3.12. The number of halogens is 1. The second-order valence-corrected chi connectivity index (χ2v) is 8.91. The zero-order valence-corrected chi connectivity index (χ0v) is 16.9. The summed E-state index contributed by atoms with van der Waals surface area (Å²) in [6, 6.07) is 11.8. The Morgan fingerprint density at radius 2 is 2.07 bits per heavy atom. The van der Waals surface area contributed by atoms with Crippen molar-refractivity contribution in [2.75, 3.05) is 6.54 Å². The number of carbonyl (C=O) groups is 1. The normalized spacial score (nSPS) is 20.5. The molecule has 1 saturated heterocycles. The van der Waals surface area contributed by atoms with E-state index in [-0.39, 0.29) is 17.4 Å². The summed E-state index contributed by atoms with van der Waals surface area (Å²) in [5.41, 5.74) is 0.705. The van der Waals surface area contributed by atoms with Crippen molar-refractivity contribution in [3.8, 4) is 10.7 Å². The number of carbonyl (C=O) groups excluding carboxylic acids is 1. The van der Waals surface area contributed by atoms with E-state index < -0.39 is 0 Å². The number of benzene rings is 1. The lowest BCUT2D eigenvalue weighted by Crippen LogP contribution is -2.44. The Morgan fingerprint density at radius 3 is 2.79 bits per heavy atom. The zero-order chi connectivity index (χ0) is 19.1. The fraction of sp³-hybridized carbons (Fsp3) is 0.400. The summed E-state index contributed by atoms with van der Waals surface area (Å²) in [6.45, 7) is 1.38. The van der Waals surface area contributed by atoms with Crippen molar-refractivity contribution in [2.45, 2.75) is 43.7 Å². The predicted molar refractivity (Wildman–Crippen MR) is 108 cm³/mol. The summed E-state index contributed by atoms with van der Waals surface area (Å²) in [6.07, 6.45) is 3.79. The number of likely N-dealkylation sites (tertiary alicyclic amines) is 1. The van der Waals surface area contributed by atoms with Gasteiger partial charge in [0.1, 0.15) is 0 Å². The molecule has 0 bridgehead atoms. The van der Waals surface area contributed by atoms with Gasteiger partial charge in [-0.3, -0.25) is 4.79 Å². The lowest BCUT2D eigenvalue weighted by atomic mass is 9.94. The van der Waals surface area contributed by atoms with Crippen molar-refractivity contribution in [3.63, 3.8) is 0 Å². The lowest BCUT2D eigenvalue weighted by molar-refractivity contribution is -0.135. The Morgan fingerprint density at radius 1 is 1.25 bits per heavy atom. The van der Waals surface area contributed by atoms with Crippen LogP contribution in [0.5, 0.6) is 0 Å². The number of nitrogens with zero attached hydrogens (tertiary/aromatic N) is 5. The first-order valence-electron chi connectivity index (χ1n) is 9.54. The van der Waals surface area contributed by atoms with Crippen LogP contribution < -0.4 is 0 Å². The van der Waals surface area contributed by atoms with Gasteiger partial charge in [-0.1, -0.05) is 29.8 Å². The first-order valence-corrected chi connectivity index (χ1v) is 10.8. The maximum absolute atomic E-state index is 13.4. The van der Waals surface area contributed by atoms with Gasteiger partial charge in [0.25, 0.3) is 0 Å². The Bertz CT molecular complexity index is 980. The zero-order valence-electron chi connectivity index (χ0n) is 15.3. The van der Waals surface area contributed by atoms with Gasteiger partial charge in [0.2, 0.25) is 11.7 Å². The minimum Gasteiger partial charge on any atom is -0.337 e. The molecule has 2 aliphatic rings. The van der Waals surface area contributed by atoms with Gasteiger partial charge in [0, 0.05) is 11.6 Å². The number of hydrogen-bond donors (Lipinski definition) is 0. The molecule has 0 radical (unpaired) electrons. The van der Waals surface area contributed by atoms with E-state index in [1.807, 2.05) is 46.7 Å². The number of aromatic nitrogens is 4. The Balaban J connectivity index is 1.33. The van der Waals surface area contributed by atoms with E-state index in [2.05, 4.69) is 15.4 Å². The summed E-state index contributed by atoms with van der Waals surface area (Å²) < 4.78 is 0. The highest BCUT2D eigenvalue weighted by Crippen LogP contribution is 2.50. The molecule has 1 aromatic carbocycles. The van der Waals surface area contributed by atoms with E-state index in [0.717, 1.165) is 42.7 Å². The molecular formula is C20H20ClN5OS. The highest BCUT2D eigenvalue weighted by Gasteiger charge is 2.54. The second kappa shape index (κ2) is 6.97. The van der Waals surface area contributed by atoms with E-state index in [9.17, 15) is 4.79 Å². The van der Waals surface area contributed by atoms with Crippen LogP contribution in [-0.4, -0.2) is 43.6 Å². The first kappa shape index (κ1) is 17.8. The molecule has 3 heterocycles. The van der Waals surface area contributed by atoms with Crippen LogP contribution in [-0.2, 0) is 16.8 Å². The van der Waals surface area contributed by atoms with E-state index >= 15 is 0 Å². The minimum absolute atomic E-state index is 0.114. The highest BCUT2D eigenvalue weighted by molar-refractivity contribution is 7.13. The molecule has 6 nitrogen and oxygen atoms in total. The monoisotopic (exact) mass is 413 g/mol. The van der Waals surface area contributed by atoms with Gasteiger partial charge in [0.15, 0.2) is 0 Å². The third-order valence-electron chi connectivity index (χ3n) is 5.76. The van der Waals surface area contributed by atoms with E-state index in [0.29, 0.717) is 17.4 Å². The van der Waals surface area contributed by atoms with Gasteiger partial charge in [-0.25, -0.2) is 0 Å². The second-order valence-electron chi connectivity index (χ2n) is 7.53. The topological polar surface area (TPSA) is 63.9 Å². The SMILES string of the molecule is O=C(N1CCC[C@@H]1Cn1nnc(-c2cccs2)n1)C1(c2ccc(Cl)cc2)CC1. The molecule has 1 atom stereocenters. The highest BCUT2D eigenvalue weighted by atomic mass is 35.5. The van der Waals surface area contributed by atoms with Gasteiger partial charge in [-0.2, -0.15) is 4.80 Å². The van der Waals surface area contributed by atoms with Crippen molar-refractivity contribution in [2.24, 2.45) is 0 Å². The average Bonchev–Trinajstić information content (AvgIpc) is 3.12. The molecule has 0 unspecified atom stereocenters. The fourth-order valence-electron chi connectivity index (χ4n) is 4.10.